The molecule has 0 aliphatic carbocycles. The lowest BCUT2D eigenvalue weighted by Crippen LogP contribution is -2.46. The summed E-state index contributed by atoms with van der Waals surface area (Å²) in [7, 11) is 0. The van der Waals surface area contributed by atoms with Gasteiger partial charge in [-0.1, -0.05) is 13.8 Å². The fraction of sp³-hybridized carbons (Fsp3) is 0.867. The molecule has 2 rings (SSSR count). The molecule has 2 atom stereocenters. The number of amides is 2. The Hall–Kier alpha value is -1.06. The third kappa shape index (κ3) is 3.10. The van der Waals surface area contributed by atoms with Crippen LogP contribution < -0.4 is 0 Å². The van der Waals surface area contributed by atoms with Crippen LogP contribution in [0.1, 0.15) is 52.4 Å². The zero-order chi connectivity index (χ0) is 13.8. The van der Waals surface area contributed by atoms with Crippen LogP contribution in [0.5, 0.6) is 0 Å². The molecule has 0 aromatic heterocycles. The third-order valence-electron chi connectivity index (χ3n) is 4.44. The normalized spacial score (nSPS) is 28.0. The largest absolute Gasteiger partial charge is 0.342 e. The molecule has 2 fully saturated rings. The Kier molecular flexibility index (Phi) is 4.83. The first-order valence-corrected chi connectivity index (χ1v) is 7.75. The first kappa shape index (κ1) is 14.4. The van der Waals surface area contributed by atoms with Crippen LogP contribution in [0.25, 0.3) is 0 Å². The van der Waals surface area contributed by atoms with Gasteiger partial charge in [-0.25, -0.2) is 0 Å². The van der Waals surface area contributed by atoms with Gasteiger partial charge in [-0.05, 0) is 32.1 Å². The van der Waals surface area contributed by atoms with E-state index in [0.717, 1.165) is 38.8 Å². The lowest BCUT2D eigenvalue weighted by molar-refractivity contribution is -0.139. The SMILES string of the molecule is CCCN1C[C@H](C(=O)N2CCCC[C@@H]2CC)CC1=O. The number of hydrogen-bond donors (Lipinski definition) is 0. The highest BCUT2D eigenvalue weighted by atomic mass is 16.2. The zero-order valence-corrected chi connectivity index (χ0v) is 12.2. The molecule has 0 unspecified atom stereocenters. The molecule has 2 amide bonds. The van der Waals surface area contributed by atoms with Crippen LogP contribution in [0.3, 0.4) is 0 Å². The van der Waals surface area contributed by atoms with Gasteiger partial charge < -0.3 is 9.80 Å². The summed E-state index contributed by atoms with van der Waals surface area (Å²) in [6.07, 6.45) is 5.89. The van der Waals surface area contributed by atoms with Gasteiger partial charge in [0.25, 0.3) is 0 Å². The second-order valence-electron chi connectivity index (χ2n) is 5.83. The van der Waals surface area contributed by atoms with Gasteiger partial charge in [0.2, 0.25) is 11.8 Å². The van der Waals surface area contributed by atoms with Gasteiger partial charge in [-0.3, -0.25) is 9.59 Å². The van der Waals surface area contributed by atoms with Gasteiger partial charge in [-0.2, -0.15) is 0 Å². The number of rotatable bonds is 4. The molecular formula is C15H26N2O2. The second-order valence-corrected chi connectivity index (χ2v) is 5.83. The maximum atomic E-state index is 12.6. The molecule has 0 bridgehead atoms. The number of carbonyl (C=O) groups is 2. The summed E-state index contributed by atoms with van der Waals surface area (Å²) >= 11 is 0. The van der Waals surface area contributed by atoms with E-state index in [1.54, 1.807) is 0 Å². The topological polar surface area (TPSA) is 40.6 Å². The highest BCUT2D eigenvalue weighted by Gasteiger charge is 2.38. The van der Waals surface area contributed by atoms with Crippen LogP contribution in [0, 0.1) is 5.92 Å². The average molecular weight is 266 g/mol. The summed E-state index contributed by atoms with van der Waals surface area (Å²) in [6, 6.07) is 0.400. The predicted molar refractivity (Wildman–Crippen MR) is 74.6 cm³/mol. The molecule has 2 aliphatic heterocycles. The van der Waals surface area contributed by atoms with E-state index < -0.39 is 0 Å². The molecule has 0 radical (unpaired) electrons. The van der Waals surface area contributed by atoms with Gasteiger partial charge in [0, 0.05) is 32.1 Å². The van der Waals surface area contributed by atoms with E-state index in [1.165, 1.54) is 6.42 Å². The molecule has 0 spiro atoms. The van der Waals surface area contributed by atoms with Crippen molar-refractivity contribution in [3.05, 3.63) is 0 Å². The van der Waals surface area contributed by atoms with Gasteiger partial charge in [0.05, 0.1) is 5.92 Å². The average Bonchev–Trinajstić information content (AvgIpc) is 2.80. The number of carbonyl (C=O) groups excluding carboxylic acids is 2. The van der Waals surface area contributed by atoms with Crippen molar-refractivity contribution in [3.8, 4) is 0 Å². The Morgan fingerprint density at radius 3 is 2.79 bits per heavy atom. The lowest BCUT2D eigenvalue weighted by Gasteiger charge is -2.36. The van der Waals surface area contributed by atoms with Gasteiger partial charge >= 0.3 is 0 Å². The smallest absolute Gasteiger partial charge is 0.228 e. The van der Waals surface area contributed by atoms with Crippen LogP contribution in [0.2, 0.25) is 0 Å². The maximum absolute atomic E-state index is 12.6. The second kappa shape index (κ2) is 6.40. The molecule has 4 heteroatoms. The Balaban J connectivity index is 1.98. The number of likely N-dealkylation sites (tertiary alicyclic amines) is 2. The lowest BCUT2D eigenvalue weighted by atomic mass is 9.97. The molecule has 2 saturated heterocycles. The van der Waals surface area contributed by atoms with E-state index in [0.29, 0.717) is 19.0 Å². The fourth-order valence-corrected chi connectivity index (χ4v) is 3.37. The van der Waals surface area contributed by atoms with E-state index in [-0.39, 0.29) is 17.7 Å². The molecule has 0 aromatic carbocycles. The first-order chi connectivity index (χ1) is 9.17. The standard InChI is InChI=1S/C15H26N2O2/c1-3-8-16-11-12(10-14(16)18)15(19)17-9-6-5-7-13(17)4-2/h12-13H,3-11H2,1-2H3/t12-,13+/m1/s1. The van der Waals surface area contributed by atoms with Crippen molar-refractivity contribution in [2.45, 2.75) is 58.4 Å². The number of piperidine rings is 1. The van der Waals surface area contributed by atoms with Gasteiger partial charge in [0.1, 0.15) is 0 Å². The Morgan fingerprint density at radius 2 is 2.11 bits per heavy atom. The molecule has 2 heterocycles. The highest BCUT2D eigenvalue weighted by molar-refractivity contribution is 5.89. The van der Waals surface area contributed by atoms with Gasteiger partial charge in [-0.15, -0.1) is 0 Å². The quantitative estimate of drug-likeness (QED) is 0.781. The maximum Gasteiger partial charge on any atom is 0.228 e. The van der Waals surface area contributed by atoms with E-state index in [4.69, 9.17) is 0 Å². The summed E-state index contributed by atoms with van der Waals surface area (Å²) in [6.45, 7) is 6.54. The summed E-state index contributed by atoms with van der Waals surface area (Å²) in [5.74, 6) is 0.287. The highest BCUT2D eigenvalue weighted by Crippen LogP contribution is 2.26. The Morgan fingerprint density at radius 1 is 1.32 bits per heavy atom. The molecule has 0 N–H and O–H groups in total. The molecule has 4 nitrogen and oxygen atoms in total. The Labute approximate surface area is 116 Å². The zero-order valence-electron chi connectivity index (χ0n) is 12.2. The van der Waals surface area contributed by atoms with E-state index in [2.05, 4.69) is 18.7 Å². The molecular weight excluding hydrogens is 240 g/mol. The monoisotopic (exact) mass is 266 g/mol. The summed E-state index contributed by atoms with van der Waals surface area (Å²) < 4.78 is 0. The van der Waals surface area contributed by atoms with Crippen LogP contribution >= 0.6 is 0 Å². The van der Waals surface area contributed by atoms with Crippen molar-refractivity contribution in [1.29, 1.82) is 0 Å². The van der Waals surface area contributed by atoms with Crippen LogP contribution in [-0.2, 0) is 9.59 Å². The van der Waals surface area contributed by atoms with Crippen LogP contribution in [-0.4, -0.2) is 47.3 Å². The molecule has 108 valence electrons. The summed E-state index contributed by atoms with van der Waals surface area (Å²) in [5.41, 5.74) is 0. The number of hydrogen-bond acceptors (Lipinski definition) is 2. The van der Waals surface area contributed by atoms with E-state index in [9.17, 15) is 9.59 Å². The number of nitrogens with zero attached hydrogens (tertiary/aromatic N) is 2. The van der Waals surface area contributed by atoms with E-state index in [1.807, 2.05) is 4.90 Å². The molecule has 19 heavy (non-hydrogen) atoms. The fourth-order valence-electron chi connectivity index (χ4n) is 3.37. The Bertz CT molecular complexity index is 343. The summed E-state index contributed by atoms with van der Waals surface area (Å²) in [5, 5.41) is 0. The minimum atomic E-state index is -0.0915. The van der Waals surface area contributed by atoms with Crippen molar-refractivity contribution < 1.29 is 9.59 Å². The van der Waals surface area contributed by atoms with Crippen molar-refractivity contribution in [3.63, 3.8) is 0 Å². The van der Waals surface area contributed by atoms with Crippen molar-refractivity contribution in [2.75, 3.05) is 19.6 Å². The molecule has 2 aliphatic rings. The summed E-state index contributed by atoms with van der Waals surface area (Å²) in [4.78, 5) is 28.4. The minimum Gasteiger partial charge on any atom is -0.342 e. The van der Waals surface area contributed by atoms with Gasteiger partial charge in [0.15, 0.2) is 0 Å². The first-order valence-electron chi connectivity index (χ1n) is 7.75. The van der Waals surface area contributed by atoms with Crippen LogP contribution in [0.15, 0.2) is 0 Å². The minimum absolute atomic E-state index is 0.0915. The molecule has 0 aromatic rings. The van der Waals surface area contributed by atoms with E-state index >= 15 is 0 Å². The molecule has 0 saturated carbocycles. The van der Waals surface area contributed by atoms with Crippen molar-refractivity contribution in [1.82, 2.24) is 9.80 Å². The van der Waals surface area contributed by atoms with Crippen molar-refractivity contribution >= 4 is 11.8 Å². The van der Waals surface area contributed by atoms with Crippen LogP contribution in [0.4, 0.5) is 0 Å². The predicted octanol–water partition coefficient (Wildman–Crippen LogP) is 2.04. The third-order valence-corrected chi connectivity index (χ3v) is 4.44. The van der Waals surface area contributed by atoms with Crippen molar-refractivity contribution in [2.24, 2.45) is 5.92 Å².